The van der Waals surface area contributed by atoms with Crippen LogP contribution in [0.5, 0.6) is 0 Å². The van der Waals surface area contributed by atoms with E-state index in [1.807, 2.05) is 30.3 Å². The Hall–Kier alpha value is -1.72. The van der Waals surface area contributed by atoms with Crippen LogP contribution in [0.4, 0.5) is 0 Å². The summed E-state index contributed by atoms with van der Waals surface area (Å²) < 4.78 is 11.5. The molecule has 0 spiro atoms. The maximum absolute atomic E-state index is 5.74. The average Bonchev–Trinajstić information content (AvgIpc) is 2.87. The van der Waals surface area contributed by atoms with Gasteiger partial charge in [0.1, 0.15) is 0 Å². The summed E-state index contributed by atoms with van der Waals surface area (Å²) in [5, 5.41) is 8.25. The summed E-state index contributed by atoms with van der Waals surface area (Å²) in [7, 11) is 0. The van der Waals surface area contributed by atoms with Gasteiger partial charge in [0.05, 0.1) is 18.8 Å². The van der Waals surface area contributed by atoms with Crippen molar-refractivity contribution in [3.63, 3.8) is 0 Å². The first-order valence-electron chi connectivity index (χ1n) is 6.96. The second-order valence-electron chi connectivity index (χ2n) is 5.32. The molecule has 2 aromatic rings. The van der Waals surface area contributed by atoms with Crippen molar-refractivity contribution in [2.45, 2.75) is 32.6 Å². The molecule has 0 radical (unpaired) electrons. The maximum atomic E-state index is 5.74. The third-order valence-electron chi connectivity index (χ3n) is 3.34. The Balaban J connectivity index is 1.68. The number of benzene rings is 1. The molecule has 2 atom stereocenters. The molecule has 5 nitrogen and oxygen atoms in total. The van der Waals surface area contributed by atoms with E-state index in [1.54, 1.807) is 0 Å². The largest absolute Gasteiger partial charge is 0.419 e. The zero-order chi connectivity index (χ0) is 13.9. The molecule has 0 amide bonds. The molecule has 1 aliphatic rings. The van der Waals surface area contributed by atoms with Crippen LogP contribution >= 0.6 is 0 Å². The second-order valence-corrected chi connectivity index (χ2v) is 5.32. The van der Waals surface area contributed by atoms with Gasteiger partial charge < -0.3 is 9.15 Å². The Morgan fingerprint density at radius 1 is 1.10 bits per heavy atom. The summed E-state index contributed by atoms with van der Waals surface area (Å²) in [5.74, 6) is 1.24. The van der Waals surface area contributed by atoms with Crippen LogP contribution < -0.4 is 0 Å². The van der Waals surface area contributed by atoms with Crippen molar-refractivity contribution in [2.24, 2.45) is 0 Å². The van der Waals surface area contributed by atoms with Crippen LogP contribution in [0.25, 0.3) is 11.5 Å². The Morgan fingerprint density at radius 2 is 1.80 bits per heavy atom. The van der Waals surface area contributed by atoms with Gasteiger partial charge in [-0.1, -0.05) is 18.2 Å². The minimum absolute atomic E-state index is 0.246. The van der Waals surface area contributed by atoms with E-state index in [0.717, 1.165) is 18.7 Å². The number of rotatable bonds is 3. The standard InChI is InChI=1S/C15H19N3O2/c1-11-8-18(9-12(2)19-11)10-14-16-17-15(20-14)13-6-4-3-5-7-13/h3-7,11-12H,8-10H2,1-2H3/t11-,12+. The lowest BCUT2D eigenvalue weighted by Crippen LogP contribution is -2.44. The molecule has 0 aliphatic carbocycles. The molecule has 1 aromatic heterocycles. The van der Waals surface area contributed by atoms with Gasteiger partial charge in [0, 0.05) is 18.7 Å². The molecular weight excluding hydrogens is 254 g/mol. The van der Waals surface area contributed by atoms with E-state index in [0.29, 0.717) is 18.3 Å². The van der Waals surface area contributed by atoms with Gasteiger partial charge in [0.25, 0.3) is 0 Å². The lowest BCUT2D eigenvalue weighted by atomic mass is 10.2. The highest BCUT2D eigenvalue weighted by Crippen LogP contribution is 2.19. The topological polar surface area (TPSA) is 51.4 Å². The zero-order valence-electron chi connectivity index (χ0n) is 11.8. The molecular formula is C15H19N3O2. The third kappa shape index (κ3) is 3.05. The lowest BCUT2D eigenvalue weighted by Gasteiger charge is -2.34. The summed E-state index contributed by atoms with van der Waals surface area (Å²) >= 11 is 0. The predicted octanol–water partition coefficient (Wildman–Crippen LogP) is 2.35. The van der Waals surface area contributed by atoms with E-state index in [9.17, 15) is 0 Å². The SMILES string of the molecule is C[C@@H]1CN(Cc2nnc(-c3ccccc3)o2)C[C@H](C)O1. The fraction of sp³-hybridized carbons (Fsp3) is 0.467. The highest BCUT2D eigenvalue weighted by atomic mass is 16.5. The van der Waals surface area contributed by atoms with Gasteiger partial charge in [-0.15, -0.1) is 10.2 Å². The van der Waals surface area contributed by atoms with Crippen LogP contribution in [-0.2, 0) is 11.3 Å². The van der Waals surface area contributed by atoms with E-state index < -0.39 is 0 Å². The molecule has 0 saturated carbocycles. The second kappa shape index (κ2) is 5.73. The van der Waals surface area contributed by atoms with Crippen molar-refractivity contribution in [1.82, 2.24) is 15.1 Å². The van der Waals surface area contributed by atoms with Gasteiger partial charge in [0.2, 0.25) is 11.8 Å². The van der Waals surface area contributed by atoms with E-state index in [1.165, 1.54) is 0 Å². The molecule has 5 heteroatoms. The molecule has 0 unspecified atom stereocenters. The van der Waals surface area contributed by atoms with Crippen LogP contribution in [0, 0.1) is 0 Å². The number of hydrogen-bond acceptors (Lipinski definition) is 5. The smallest absolute Gasteiger partial charge is 0.247 e. The van der Waals surface area contributed by atoms with Gasteiger partial charge in [-0.2, -0.15) is 0 Å². The van der Waals surface area contributed by atoms with Crippen molar-refractivity contribution in [3.8, 4) is 11.5 Å². The number of morpholine rings is 1. The fourth-order valence-electron chi connectivity index (χ4n) is 2.62. The van der Waals surface area contributed by atoms with E-state index in [-0.39, 0.29) is 12.2 Å². The first kappa shape index (κ1) is 13.3. The highest BCUT2D eigenvalue weighted by Gasteiger charge is 2.23. The van der Waals surface area contributed by atoms with Crippen molar-refractivity contribution < 1.29 is 9.15 Å². The van der Waals surface area contributed by atoms with Gasteiger partial charge in [-0.05, 0) is 26.0 Å². The Labute approximate surface area is 118 Å². The number of aromatic nitrogens is 2. The Morgan fingerprint density at radius 3 is 2.50 bits per heavy atom. The lowest BCUT2D eigenvalue weighted by molar-refractivity contribution is -0.0721. The monoisotopic (exact) mass is 273 g/mol. The van der Waals surface area contributed by atoms with Crippen LogP contribution in [0.2, 0.25) is 0 Å². The normalized spacial score (nSPS) is 23.9. The van der Waals surface area contributed by atoms with E-state index in [4.69, 9.17) is 9.15 Å². The number of ether oxygens (including phenoxy) is 1. The fourth-order valence-corrected chi connectivity index (χ4v) is 2.62. The minimum atomic E-state index is 0.246. The predicted molar refractivity (Wildman–Crippen MR) is 75.0 cm³/mol. The van der Waals surface area contributed by atoms with Crippen molar-refractivity contribution in [2.75, 3.05) is 13.1 Å². The van der Waals surface area contributed by atoms with Crippen molar-refractivity contribution >= 4 is 0 Å². The molecule has 2 heterocycles. The van der Waals surface area contributed by atoms with Crippen LogP contribution in [0.1, 0.15) is 19.7 Å². The van der Waals surface area contributed by atoms with Gasteiger partial charge in [-0.3, -0.25) is 4.90 Å². The summed E-state index contributed by atoms with van der Waals surface area (Å²) in [5.41, 5.74) is 0.954. The molecule has 1 aliphatic heterocycles. The molecule has 0 bridgehead atoms. The van der Waals surface area contributed by atoms with Crippen molar-refractivity contribution in [3.05, 3.63) is 36.2 Å². The van der Waals surface area contributed by atoms with E-state index in [2.05, 4.69) is 28.9 Å². The van der Waals surface area contributed by atoms with Crippen LogP contribution in [0.3, 0.4) is 0 Å². The van der Waals surface area contributed by atoms with Crippen molar-refractivity contribution in [1.29, 1.82) is 0 Å². The summed E-state index contributed by atoms with van der Waals surface area (Å²) in [4.78, 5) is 2.29. The summed E-state index contributed by atoms with van der Waals surface area (Å²) in [6, 6.07) is 9.83. The van der Waals surface area contributed by atoms with Crippen LogP contribution in [-0.4, -0.2) is 40.4 Å². The molecule has 20 heavy (non-hydrogen) atoms. The number of hydrogen-bond donors (Lipinski definition) is 0. The summed E-state index contributed by atoms with van der Waals surface area (Å²) in [6.45, 7) is 6.65. The zero-order valence-corrected chi connectivity index (χ0v) is 11.8. The molecule has 106 valence electrons. The quantitative estimate of drug-likeness (QED) is 0.859. The third-order valence-corrected chi connectivity index (χ3v) is 3.34. The Bertz CT molecular complexity index is 545. The van der Waals surface area contributed by atoms with Crippen LogP contribution in [0.15, 0.2) is 34.7 Å². The van der Waals surface area contributed by atoms with Gasteiger partial charge >= 0.3 is 0 Å². The first-order valence-corrected chi connectivity index (χ1v) is 6.96. The highest BCUT2D eigenvalue weighted by molar-refractivity contribution is 5.51. The molecule has 0 N–H and O–H groups in total. The van der Waals surface area contributed by atoms with Gasteiger partial charge in [0.15, 0.2) is 0 Å². The summed E-state index contributed by atoms with van der Waals surface area (Å²) in [6.07, 6.45) is 0.491. The van der Waals surface area contributed by atoms with E-state index >= 15 is 0 Å². The molecule has 1 saturated heterocycles. The Kier molecular flexibility index (Phi) is 3.80. The average molecular weight is 273 g/mol. The molecule has 1 aromatic carbocycles. The molecule has 3 rings (SSSR count). The first-order chi connectivity index (χ1) is 9.70. The number of nitrogens with zero attached hydrogens (tertiary/aromatic N) is 3. The van der Waals surface area contributed by atoms with Gasteiger partial charge in [-0.25, -0.2) is 0 Å². The molecule has 1 fully saturated rings. The maximum Gasteiger partial charge on any atom is 0.247 e. The minimum Gasteiger partial charge on any atom is -0.419 e.